The van der Waals surface area contributed by atoms with E-state index < -0.39 is 17.7 Å². The summed E-state index contributed by atoms with van der Waals surface area (Å²) < 4.78 is 41.8. The van der Waals surface area contributed by atoms with Gasteiger partial charge >= 0.3 is 0 Å². The van der Waals surface area contributed by atoms with E-state index in [4.69, 9.17) is 0 Å². The summed E-state index contributed by atoms with van der Waals surface area (Å²) in [5.74, 6) is -1.73. The molecule has 0 unspecified atom stereocenters. The lowest BCUT2D eigenvalue weighted by molar-refractivity contribution is -0.137. The van der Waals surface area contributed by atoms with Gasteiger partial charge in [0, 0.05) is 18.0 Å². The maximum Gasteiger partial charge on any atom is 0.243 e. The van der Waals surface area contributed by atoms with Crippen LogP contribution in [0.5, 0.6) is 0 Å². The molecule has 1 atom stereocenters. The number of benzene rings is 2. The maximum atomic E-state index is 14.4. The summed E-state index contributed by atoms with van der Waals surface area (Å²) in [6.45, 7) is 0.485. The van der Waals surface area contributed by atoms with Gasteiger partial charge in [0.15, 0.2) is 0 Å². The Labute approximate surface area is 176 Å². The Hall–Kier alpha value is -3.29. The highest BCUT2D eigenvalue weighted by Crippen LogP contribution is 2.48. The number of aromatic nitrogens is 1. The van der Waals surface area contributed by atoms with Gasteiger partial charge in [-0.05, 0) is 66.1 Å². The van der Waals surface area contributed by atoms with E-state index in [-0.39, 0.29) is 41.4 Å². The summed E-state index contributed by atoms with van der Waals surface area (Å²) in [6.07, 6.45) is 1.71. The first kappa shape index (κ1) is 19.7. The molecule has 2 fully saturated rings. The van der Waals surface area contributed by atoms with E-state index in [9.17, 15) is 22.8 Å². The van der Waals surface area contributed by atoms with E-state index in [0.29, 0.717) is 23.2 Å². The van der Waals surface area contributed by atoms with Crippen molar-refractivity contribution in [2.45, 2.75) is 31.2 Å². The molecule has 3 aromatic rings. The summed E-state index contributed by atoms with van der Waals surface area (Å²) in [5, 5.41) is 5.89. The smallest absolute Gasteiger partial charge is 0.243 e. The predicted molar refractivity (Wildman–Crippen MR) is 109 cm³/mol. The van der Waals surface area contributed by atoms with Gasteiger partial charge in [0.1, 0.15) is 23.5 Å². The highest BCUT2D eigenvalue weighted by Gasteiger charge is 2.36. The highest BCUT2D eigenvalue weighted by atomic mass is 19.1. The monoisotopic (exact) mass is 427 g/mol. The minimum absolute atomic E-state index is 0.0558. The van der Waals surface area contributed by atoms with Crippen molar-refractivity contribution >= 4 is 22.7 Å². The zero-order chi connectivity index (χ0) is 21.7. The molecule has 2 amide bonds. The second kappa shape index (κ2) is 7.44. The molecule has 0 spiro atoms. The number of hydrogen-bond acceptors (Lipinski definition) is 2. The SMILES string of the molecule is O=C1C[C@@H](C(=O)NCC2CC(c3c(-c4ccc(F)cc4)[nH]c4c(F)cc(F)cc34)C2)N1. The fraction of sp³-hybridized carbons (Fsp3) is 0.304. The average Bonchev–Trinajstić information content (AvgIpc) is 3.04. The van der Waals surface area contributed by atoms with Gasteiger partial charge in [-0.15, -0.1) is 0 Å². The van der Waals surface area contributed by atoms with Crippen LogP contribution in [0.1, 0.15) is 30.7 Å². The summed E-state index contributed by atoms with van der Waals surface area (Å²) in [6, 6.07) is 7.61. The second-order valence-corrected chi connectivity index (χ2v) is 8.33. The van der Waals surface area contributed by atoms with Gasteiger partial charge in [-0.3, -0.25) is 9.59 Å². The third-order valence-corrected chi connectivity index (χ3v) is 6.25. The Morgan fingerprint density at radius 2 is 1.77 bits per heavy atom. The van der Waals surface area contributed by atoms with Gasteiger partial charge < -0.3 is 15.6 Å². The first-order chi connectivity index (χ1) is 14.9. The number of aromatic amines is 1. The third kappa shape index (κ3) is 3.56. The maximum absolute atomic E-state index is 14.4. The number of rotatable bonds is 5. The first-order valence-electron chi connectivity index (χ1n) is 10.2. The molecule has 8 heteroatoms. The van der Waals surface area contributed by atoms with E-state index >= 15 is 0 Å². The number of H-pyrrole nitrogens is 1. The number of amides is 2. The normalized spacial score (nSPS) is 22.5. The number of nitrogens with one attached hydrogen (secondary N) is 3. The Bertz CT molecular complexity index is 1170. The average molecular weight is 427 g/mol. The van der Waals surface area contributed by atoms with E-state index in [2.05, 4.69) is 15.6 Å². The van der Waals surface area contributed by atoms with Gasteiger partial charge in [-0.2, -0.15) is 0 Å². The van der Waals surface area contributed by atoms with Crippen LogP contribution < -0.4 is 10.6 Å². The van der Waals surface area contributed by atoms with E-state index in [1.165, 1.54) is 18.2 Å². The van der Waals surface area contributed by atoms with Gasteiger partial charge in [0.05, 0.1) is 17.6 Å². The molecule has 160 valence electrons. The molecule has 0 bridgehead atoms. The van der Waals surface area contributed by atoms with Crippen LogP contribution in [0.2, 0.25) is 0 Å². The summed E-state index contributed by atoms with van der Waals surface area (Å²) in [7, 11) is 0. The molecule has 1 aromatic heterocycles. The number of halogens is 3. The number of fused-ring (bicyclic) bond motifs is 1. The zero-order valence-electron chi connectivity index (χ0n) is 16.5. The number of hydrogen-bond donors (Lipinski definition) is 3. The number of carbonyl (C=O) groups is 2. The molecule has 0 radical (unpaired) electrons. The van der Waals surface area contributed by atoms with Crippen molar-refractivity contribution in [2.75, 3.05) is 6.54 Å². The van der Waals surface area contributed by atoms with Crippen LogP contribution in [0.25, 0.3) is 22.2 Å². The standard InChI is InChI=1S/C23H20F3N3O2/c24-14-3-1-12(2-4-14)21-20(16-7-15(25)8-17(26)22(16)29-21)13-5-11(6-13)10-27-23(31)18-9-19(30)28-18/h1-4,7-8,11,13,18,29H,5-6,9-10H2,(H,27,31)(H,28,30)/t11?,13?,18-/m0/s1. The summed E-state index contributed by atoms with van der Waals surface area (Å²) in [5.41, 5.74) is 2.40. The number of β-lactam (4-membered cyclic amide) rings is 1. The fourth-order valence-electron chi connectivity index (χ4n) is 4.53. The van der Waals surface area contributed by atoms with Crippen LogP contribution in [-0.2, 0) is 9.59 Å². The molecule has 1 aliphatic heterocycles. The van der Waals surface area contributed by atoms with Crippen LogP contribution in [0.3, 0.4) is 0 Å². The van der Waals surface area contributed by atoms with Crippen molar-refractivity contribution in [2.24, 2.45) is 5.92 Å². The third-order valence-electron chi connectivity index (χ3n) is 6.25. The second-order valence-electron chi connectivity index (χ2n) is 8.33. The summed E-state index contributed by atoms with van der Waals surface area (Å²) >= 11 is 0. The van der Waals surface area contributed by atoms with Gasteiger partial charge in [-0.25, -0.2) is 13.2 Å². The lowest BCUT2D eigenvalue weighted by Gasteiger charge is -2.37. The summed E-state index contributed by atoms with van der Waals surface area (Å²) in [4.78, 5) is 26.0. The molecule has 2 aliphatic rings. The Balaban J connectivity index is 1.38. The number of carbonyl (C=O) groups excluding carboxylic acids is 2. The molecule has 1 aliphatic carbocycles. The minimum Gasteiger partial charge on any atom is -0.354 e. The van der Waals surface area contributed by atoms with Crippen molar-refractivity contribution in [3.05, 3.63) is 59.4 Å². The van der Waals surface area contributed by atoms with Crippen LogP contribution in [0, 0.1) is 23.4 Å². The quantitative estimate of drug-likeness (QED) is 0.543. The van der Waals surface area contributed by atoms with Crippen molar-refractivity contribution in [3.63, 3.8) is 0 Å². The first-order valence-corrected chi connectivity index (χ1v) is 10.2. The minimum atomic E-state index is -0.671. The molecule has 2 heterocycles. The molecule has 5 rings (SSSR count). The molecule has 1 saturated heterocycles. The van der Waals surface area contributed by atoms with Gasteiger partial charge in [-0.1, -0.05) is 0 Å². The topological polar surface area (TPSA) is 74.0 Å². The Kier molecular flexibility index (Phi) is 4.72. The predicted octanol–water partition coefficient (Wildman–Crippen LogP) is 3.75. The molecular weight excluding hydrogens is 407 g/mol. The molecule has 2 aromatic carbocycles. The van der Waals surface area contributed by atoms with Crippen molar-refractivity contribution in [3.8, 4) is 11.3 Å². The molecular formula is C23H20F3N3O2. The lowest BCUT2D eigenvalue weighted by Crippen LogP contribution is -2.57. The van der Waals surface area contributed by atoms with Crippen LogP contribution in [0.15, 0.2) is 36.4 Å². The van der Waals surface area contributed by atoms with Crippen molar-refractivity contribution < 1.29 is 22.8 Å². The highest BCUT2D eigenvalue weighted by molar-refractivity contribution is 5.97. The van der Waals surface area contributed by atoms with Gasteiger partial charge in [0.2, 0.25) is 11.8 Å². The van der Waals surface area contributed by atoms with Crippen LogP contribution in [0.4, 0.5) is 13.2 Å². The van der Waals surface area contributed by atoms with E-state index in [1.807, 2.05) is 0 Å². The van der Waals surface area contributed by atoms with Crippen molar-refractivity contribution in [1.29, 1.82) is 0 Å². The van der Waals surface area contributed by atoms with Gasteiger partial charge in [0.25, 0.3) is 0 Å². The van der Waals surface area contributed by atoms with E-state index in [1.54, 1.807) is 12.1 Å². The molecule has 5 nitrogen and oxygen atoms in total. The van der Waals surface area contributed by atoms with E-state index in [0.717, 1.165) is 24.5 Å². The fourth-order valence-corrected chi connectivity index (χ4v) is 4.53. The largest absolute Gasteiger partial charge is 0.354 e. The van der Waals surface area contributed by atoms with Crippen molar-refractivity contribution in [1.82, 2.24) is 15.6 Å². The zero-order valence-corrected chi connectivity index (χ0v) is 16.5. The Morgan fingerprint density at radius 1 is 1.06 bits per heavy atom. The van der Waals surface area contributed by atoms with Crippen LogP contribution in [-0.4, -0.2) is 29.4 Å². The molecule has 1 saturated carbocycles. The molecule has 31 heavy (non-hydrogen) atoms. The molecule has 3 N–H and O–H groups in total. The van der Waals surface area contributed by atoms with Crippen LogP contribution >= 0.6 is 0 Å². The lowest BCUT2D eigenvalue weighted by atomic mass is 9.70. The Morgan fingerprint density at radius 3 is 2.45 bits per heavy atom.